The summed E-state index contributed by atoms with van der Waals surface area (Å²) in [6, 6.07) is 3.19. The summed E-state index contributed by atoms with van der Waals surface area (Å²) < 4.78 is 35.7. The molecule has 1 aliphatic heterocycles. The molecule has 174 valence electrons. The van der Waals surface area contributed by atoms with E-state index in [1.165, 1.54) is 17.7 Å². The first kappa shape index (κ1) is 21.5. The zero-order valence-electron chi connectivity index (χ0n) is 18.7. The molecule has 1 atom stereocenters. The molecule has 1 N–H and O–H groups in total. The van der Waals surface area contributed by atoms with Gasteiger partial charge in [-0.05, 0) is 25.2 Å². The monoisotopic (exact) mass is 457 g/mol. The molecule has 1 saturated carbocycles. The number of carbonyl (C=O) groups is 1. The number of amides is 1. The van der Waals surface area contributed by atoms with Gasteiger partial charge in [0, 0.05) is 45.3 Å². The molecule has 1 aliphatic carbocycles. The van der Waals surface area contributed by atoms with Gasteiger partial charge in [-0.1, -0.05) is 6.92 Å². The van der Waals surface area contributed by atoms with Crippen molar-refractivity contribution < 1.29 is 18.3 Å². The van der Waals surface area contributed by atoms with Crippen molar-refractivity contribution in [2.75, 3.05) is 23.3 Å². The Kier molecular flexibility index (Phi) is 5.13. The molecular formula is C22H25F2N7O2. The van der Waals surface area contributed by atoms with Crippen LogP contribution < -0.4 is 15.0 Å². The minimum absolute atomic E-state index is 0.0161. The number of hydrogen-bond acceptors (Lipinski definition) is 7. The largest absolute Gasteiger partial charge is 0.474 e. The number of alkyl halides is 2. The average Bonchev–Trinajstić information content (AvgIpc) is 3.31. The maximum atomic E-state index is 14.2. The molecule has 1 amide bonds. The van der Waals surface area contributed by atoms with Crippen LogP contribution in [0.2, 0.25) is 0 Å². The molecule has 3 aromatic rings. The fourth-order valence-electron chi connectivity index (χ4n) is 3.91. The molecule has 0 spiro atoms. The number of rotatable bonds is 6. The number of fused-ring (bicyclic) bond motifs is 1. The lowest BCUT2D eigenvalue weighted by Crippen LogP contribution is -2.20. The molecule has 2 fully saturated rings. The van der Waals surface area contributed by atoms with Crippen molar-refractivity contribution >= 4 is 28.4 Å². The van der Waals surface area contributed by atoms with Crippen LogP contribution in [0.1, 0.15) is 45.9 Å². The number of carbonyl (C=O) groups excluding carboxylic acids is 1. The number of hydrogen-bond donors (Lipinski definition) is 1. The van der Waals surface area contributed by atoms with Crippen LogP contribution >= 0.6 is 0 Å². The molecule has 5 rings (SSSR count). The van der Waals surface area contributed by atoms with Crippen LogP contribution in [0.15, 0.2) is 18.3 Å². The quantitative estimate of drug-likeness (QED) is 0.603. The van der Waals surface area contributed by atoms with Crippen LogP contribution in [0.4, 0.5) is 20.4 Å². The third-order valence-corrected chi connectivity index (χ3v) is 5.68. The number of anilines is 2. The van der Waals surface area contributed by atoms with Crippen molar-refractivity contribution in [1.82, 2.24) is 24.7 Å². The second kappa shape index (κ2) is 7.89. The van der Waals surface area contributed by atoms with Crippen LogP contribution in [0.5, 0.6) is 5.88 Å². The topological polar surface area (TPSA) is 98.1 Å². The van der Waals surface area contributed by atoms with Gasteiger partial charge in [0.1, 0.15) is 11.9 Å². The van der Waals surface area contributed by atoms with Crippen molar-refractivity contribution in [2.45, 2.75) is 52.1 Å². The molecule has 11 heteroatoms. The third-order valence-electron chi connectivity index (χ3n) is 5.68. The number of halogens is 2. The average molecular weight is 457 g/mol. The summed E-state index contributed by atoms with van der Waals surface area (Å²) in [5, 5.41) is 8.16. The normalized spacial score (nSPS) is 18.7. The van der Waals surface area contributed by atoms with Crippen LogP contribution in [0.25, 0.3) is 16.7 Å². The first-order valence-corrected chi connectivity index (χ1v) is 11.0. The van der Waals surface area contributed by atoms with Gasteiger partial charge in [-0.3, -0.25) is 4.79 Å². The maximum absolute atomic E-state index is 14.2. The molecule has 4 heterocycles. The maximum Gasteiger partial charge on any atom is 0.304 e. The van der Waals surface area contributed by atoms with E-state index in [1.807, 2.05) is 0 Å². The van der Waals surface area contributed by atoms with Gasteiger partial charge in [0.2, 0.25) is 17.6 Å². The highest BCUT2D eigenvalue weighted by Gasteiger charge is 2.32. The van der Waals surface area contributed by atoms with E-state index in [9.17, 15) is 13.6 Å². The number of aromatic nitrogens is 5. The highest BCUT2D eigenvalue weighted by atomic mass is 19.3. The first-order chi connectivity index (χ1) is 15.7. The standard InChI is InChI=1S/C22H25F2N7O2/c1-12-6-7-30(11-12)20-15-10-25-17(26-13(2)32)8-16(15)31(29-20)18-9-19(33-14-4-5-14)28-21(27-18)22(3,23)24/h8-10,12,14H,4-7,11H2,1-3H3,(H,25,26,32). The van der Waals surface area contributed by atoms with E-state index in [2.05, 4.69) is 32.1 Å². The second-order valence-corrected chi connectivity index (χ2v) is 8.94. The van der Waals surface area contributed by atoms with E-state index in [0.717, 1.165) is 44.7 Å². The van der Waals surface area contributed by atoms with Crippen molar-refractivity contribution in [3.05, 3.63) is 24.2 Å². The molecule has 1 unspecified atom stereocenters. The van der Waals surface area contributed by atoms with Crippen LogP contribution in [0, 0.1) is 5.92 Å². The highest BCUT2D eigenvalue weighted by Crippen LogP contribution is 2.34. The van der Waals surface area contributed by atoms with E-state index in [0.29, 0.717) is 23.1 Å². The van der Waals surface area contributed by atoms with Gasteiger partial charge in [0.05, 0.1) is 10.9 Å². The Labute approximate surface area is 189 Å². The van der Waals surface area contributed by atoms with Crippen LogP contribution in [-0.4, -0.2) is 49.8 Å². The van der Waals surface area contributed by atoms with E-state index in [4.69, 9.17) is 9.84 Å². The molecule has 1 saturated heterocycles. The highest BCUT2D eigenvalue weighted by molar-refractivity contribution is 5.95. The lowest BCUT2D eigenvalue weighted by molar-refractivity contribution is -0.114. The van der Waals surface area contributed by atoms with E-state index >= 15 is 0 Å². The molecule has 0 bridgehead atoms. The first-order valence-electron chi connectivity index (χ1n) is 11.0. The summed E-state index contributed by atoms with van der Waals surface area (Å²) in [5.74, 6) is -2.35. The Morgan fingerprint density at radius 3 is 2.67 bits per heavy atom. The van der Waals surface area contributed by atoms with Gasteiger partial charge in [-0.2, -0.15) is 13.8 Å². The molecule has 0 radical (unpaired) electrons. The summed E-state index contributed by atoms with van der Waals surface area (Å²) >= 11 is 0. The molecule has 3 aromatic heterocycles. The van der Waals surface area contributed by atoms with Gasteiger partial charge < -0.3 is 15.0 Å². The van der Waals surface area contributed by atoms with Crippen molar-refractivity contribution in [3.63, 3.8) is 0 Å². The minimum Gasteiger partial charge on any atom is -0.474 e. The Morgan fingerprint density at radius 2 is 2.03 bits per heavy atom. The lowest BCUT2D eigenvalue weighted by Gasteiger charge is -2.15. The predicted octanol–water partition coefficient (Wildman–Crippen LogP) is 3.67. The molecule has 9 nitrogen and oxygen atoms in total. The van der Waals surface area contributed by atoms with E-state index in [-0.39, 0.29) is 23.7 Å². The van der Waals surface area contributed by atoms with Crippen LogP contribution in [0.3, 0.4) is 0 Å². The summed E-state index contributed by atoms with van der Waals surface area (Å²) in [6.45, 7) is 5.98. The number of ether oxygens (including phenoxy) is 1. The van der Waals surface area contributed by atoms with Crippen molar-refractivity contribution in [3.8, 4) is 11.7 Å². The zero-order valence-corrected chi connectivity index (χ0v) is 18.7. The van der Waals surface area contributed by atoms with Gasteiger partial charge in [-0.25, -0.2) is 14.6 Å². The minimum atomic E-state index is -3.25. The van der Waals surface area contributed by atoms with Gasteiger partial charge in [0.25, 0.3) is 0 Å². The lowest BCUT2D eigenvalue weighted by atomic mass is 10.2. The van der Waals surface area contributed by atoms with Crippen molar-refractivity contribution in [1.29, 1.82) is 0 Å². The molecule has 33 heavy (non-hydrogen) atoms. The summed E-state index contributed by atoms with van der Waals surface area (Å²) in [4.78, 5) is 26.1. The molecular weight excluding hydrogens is 432 g/mol. The van der Waals surface area contributed by atoms with Gasteiger partial charge in [0.15, 0.2) is 11.6 Å². The van der Waals surface area contributed by atoms with Crippen molar-refractivity contribution in [2.24, 2.45) is 5.92 Å². The smallest absolute Gasteiger partial charge is 0.304 e. The SMILES string of the molecule is CC(=O)Nc1cc2c(cn1)c(N1CCC(C)C1)nn2-c1cc(OC2CC2)nc(C(C)(F)F)n1. The Bertz CT molecular complexity index is 1220. The molecule has 2 aliphatic rings. The fourth-order valence-corrected chi connectivity index (χ4v) is 3.91. The summed E-state index contributed by atoms with van der Waals surface area (Å²) in [7, 11) is 0. The summed E-state index contributed by atoms with van der Waals surface area (Å²) in [6.07, 6.45) is 4.39. The predicted molar refractivity (Wildman–Crippen MR) is 118 cm³/mol. The van der Waals surface area contributed by atoms with Gasteiger partial charge >= 0.3 is 5.92 Å². The Morgan fingerprint density at radius 1 is 1.24 bits per heavy atom. The summed E-state index contributed by atoms with van der Waals surface area (Å²) in [5.41, 5.74) is 0.588. The van der Waals surface area contributed by atoms with Crippen LogP contribution in [-0.2, 0) is 10.7 Å². The Hall–Kier alpha value is -3.37. The Balaban J connectivity index is 1.68. The van der Waals surface area contributed by atoms with E-state index in [1.54, 1.807) is 12.3 Å². The number of nitrogens with zero attached hydrogens (tertiary/aromatic N) is 6. The number of nitrogens with one attached hydrogen (secondary N) is 1. The third kappa shape index (κ3) is 4.44. The zero-order chi connectivity index (χ0) is 23.3. The molecule has 0 aromatic carbocycles. The van der Waals surface area contributed by atoms with Gasteiger partial charge in [-0.15, -0.1) is 5.10 Å². The van der Waals surface area contributed by atoms with E-state index < -0.39 is 11.7 Å². The number of pyridine rings is 1. The fraction of sp³-hybridized carbons (Fsp3) is 0.500. The second-order valence-electron chi connectivity index (χ2n) is 8.94.